The molecule has 1 heterocycles. The van der Waals surface area contributed by atoms with Crippen molar-refractivity contribution in [2.75, 3.05) is 24.6 Å². The standard InChI is InChI=1S/C21H33N3O2/c1-5-26-18-14-21(22,20(18,3)4)19(25)23-15(2)16-9-8-10-17(13-16)24-11-6-7-12-24/h8-10,13,15,18H,5-7,11-12,14,22H2,1-4H3,(H,23,25). The fraction of sp³-hybridized carbons (Fsp3) is 0.667. The molecule has 1 aromatic rings. The van der Waals surface area contributed by atoms with Crippen LogP contribution in [-0.4, -0.2) is 37.2 Å². The fourth-order valence-electron chi connectivity index (χ4n) is 4.20. The Kier molecular flexibility index (Phi) is 5.31. The predicted molar refractivity (Wildman–Crippen MR) is 105 cm³/mol. The van der Waals surface area contributed by atoms with E-state index < -0.39 is 5.54 Å². The number of hydrogen-bond acceptors (Lipinski definition) is 4. The van der Waals surface area contributed by atoms with Crippen LogP contribution in [0, 0.1) is 5.41 Å². The Bertz CT molecular complexity index is 654. The summed E-state index contributed by atoms with van der Waals surface area (Å²) < 4.78 is 5.74. The zero-order chi connectivity index (χ0) is 18.9. The summed E-state index contributed by atoms with van der Waals surface area (Å²) >= 11 is 0. The van der Waals surface area contributed by atoms with Crippen LogP contribution in [0.3, 0.4) is 0 Å². The minimum atomic E-state index is -0.881. The van der Waals surface area contributed by atoms with Gasteiger partial charge in [-0.15, -0.1) is 0 Å². The highest BCUT2D eigenvalue weighted by atomic mass is 16.5. The van der Waals surface area contributed by atoms with Crippen molar-refractivity contribution in [3.63, 3.8) is 0 Å². The molecular formula is C21H33N3O2. The molecule has 1 aromatic carbocycles. The maximum Gasteiger partial charge on any atom is 0.241 e. The molecule has 2 aliphatic rings. The van der Waals surface area contributed by atoms with Gasteiger partial charge in [-0.25, -0.2) is 0 Å². The lowest BCUT2D eigenvalue weighted by atomic mass is 9.54. The van der Waals surface area contributed by atoms with Crippen LogP contribution >= 0.6 is 0 Å². The van der Waals surface area contributed by atoms with E-state index in [0.717, 1.165) is 18.7 Å². The topological polar surface area (TPSA) is 67.6 Å². The Morgan fingerprint density at radius 3 is 2.69 bits per heavy atom. The van der Waals surface area contributed by atoms with E-state index in [9.17, 15) is 4.79 Å². The molecule has 0 radical (unpaired) electrons. The highest BCUT2D eigenvalue weighted by Gasteiger charge is 2.62. The van der Waals surface area contributed by atoms with E-state index in [0.29, 0.717) is 13.0 Å². The van der Waals surface area contributed by atoms with Gasteiger partial charge in [0.05, 0.1) is 12.1 Å². The summed E-state index contributed by atoms with van der Waals surface area (Å²) in [5, 5.41) is 3.14. The van der Waals surface area contributed by atoms with Crippen LogP contribution < -0.4 is 16.0 Å². The van der Waals surface area contributed by atoms with E-state index in [1.165, 1.54) is 18.5 Å². The number of carbonyl (C=O) groups is 1. The molecule has 0 aromatic heterocycles. The third kappa shape index (κ3) is 3.23. The van der Waals surface area contributed by atoms with Crippen LogP contribution in [0.5, 0.6) is 0 Å². The number of hydrogen-bond donors (Lipinski definition) is 2. The van der Waals surface area contributed by atoms with Gasteiger partial charge < -0.3 is 20.7 Å². The molecule has 5 nitrogen and oxygen atoms in total. The number of nitrogens with one attached hydrogen (secondary N) is 1. The first-order valence-electron chi connectivity index (χ1n) is 9.86. The predicted octanol–water partition coefficient (Wildman–Crippen LogP) is 3.00. The van der Waals surface area contributed by atoms with E-state index in [-0.39, 0.29) is 23.5 Å². The fourth-order valence-corrected chi connectivity index (χ4v) is 4.20. The summed E-state index contributed by atoms with van der Waals surface area (Å²) in [7, 11) is 0. The average molecular weight is 360 g/mol. The zero-order valence-electron chi connectivity index (χ0n) is 16.5. The van der Waals surface area contributed by atoms with E-state index >= 15 is 0 Å². The van der Waals surface area contributed by atoms with Crippen molar-refractivity contribution in [1.29, 1.82) is 0 Å². The van der Waals surface area contributed by atoms with Gasteiger partial charge in [0.15, 0.2) is 0 Å². The van der Waals surface area contributed by atoms with Crippen LogP contribution in [0.2, 0.25) is 0 Å². The number of nitrogens with two attached hydrogens (primary N) is 1. The molecule has 3 atom stereocenters. The lowest BCUT2D eigenvalue weighted by molar-refractivity contribution is -0.171. The number of benzene rings is 1. The third-order valence-electron chi connectivity index (χ3n) is 6.42. The Balaban J connectivity index is 1.67. The van der Waals surface area contributed by atoms with Gasteiger partial charge in [-0.05, 0) is 44.4 Å². The molecule has 1 aliphatic carbocycles. The summed E-state index contributed by atoms with van der Waals surface area (Å²) in [6, 6.07) is 8.40. The molecule has 1 saturated heterocycles. The molecular weight excluding hydrogens is 326 g/mol. The van der Waals surface area contributed by atoms with Crippen molar-refractivity contribution in [1.82, 2.24) is 5.32 Å². The maximum atomic E-state index is 12.9. The molecule has 5 heteroatoms. The Hall–Kier alpha value is -1.59. The Morgan fingerprint density at radius 2 is 2.08 bits per heavy atom. The van der Waals surface area contributed by atoms with Crippen molar-refractivity contribution >= 4 is 11.6 Å². The largest absolute Gasteiger partial charge is 0.378 e. The number of ether oxygens (including phenoxy) is 1. The molecule has 0 bridgehead atoms. The van der Waals surface area contributed by atoms with E-state index in [1.807, 2.05) is 27.7 Å². The third-order valence-corrected chi connectivity index (χ3v) is 6.42. The maximum absolute atomic E-state index is 12.9. The molecule has 26 heavy (non-hydrogen) atoms. The van der Waals surface area contributed by atoms with Gasteiger partial charge >= 0.3 is 0 Å². The molecule has 3 N–H and O–H groups in total. The second-order valence-electron chi connectivity index (χ2n) is 8.33. The van der Waals surface area contributed by atoms with Crippen molar-refractivity contribution < 1.29 is 9.53 Å². The van der Waals surface area contributed by atoms with Gasteiger partial charge in [0, 0.05) is 37.2 Å². The lowest BCUT2D eigenvalue weighted by Gasteiger charge is -2.57. The molecule has 3 rings (SSSR count). The summed E-state index contributed by atoms with van der Waals surface area (Å²) in [6.45, 7) is 10.9. The first kappa shape index (κ1) is 19.2. The number of rotatable bonds is 6. The van der Waals surface area contributed by atoms with Crippen LogP contribution in [0.15, 0.2) is 24.3 Å². The highest BCUT2D eigenvalue weighted by Crippen LogP contribution is 2.50. The van der Waals surface area contributed by atoms with Gasteiger partial charge in [-0.2, -0.15) is 0 Å². The number of anilines is 1. The van der Waals surface area contributed by atoms with Gasteiger partial charge in [0.2, 0.25) is 5.91 Å². The number of amides is 1. The minimum Gasteiger partial charge on any atom is -0.378 e. The Labute approximate surface area is 157 Å². The molecule has 1 aliphatic heterocycles. The summed E-state index contributed by atoms with van der Waals surface area (Å²) in [5.41, 5.74) is 7.60. The normalized spacial score (nSPS) is 28.5. The first-order chi connectivity index (χ1) is 12.3. The number of carbonyl (C=O) groups excluding carboxylic acids is 1. The molecule has 0 spiro atoms. The molecule has 144 valence electrons. The van der Waals surface area contributed by atoms with E-state index in [2.05, 4.69) is 34.5 Å². The smallest absolute Gasteiger partial charge is 0.241 e. The second kappa shape index (κ2) is 7.20. The first-order valence-corrected chi connectivity index (χ1v) is 9.86. The highest BCUT2D eigenvalue weighted by molar-refractivity contribution is 5.89. The van der Waals surface area contributed by atoms with Gasteiger partial charge in [0.25, 0.3) is 0 Å². The summed E-state index contributed by atoms with van der Waals surface area (Å²) in [6.07, 6.45) is 3.11. The molecule has 1 amide bonds. The van der Waals surface area contributed by atoms with Crippen molar-refractivity contribution in [2.24, 2.45) is 11.1 Å². The van der Waals surface area contributed by atoms with Crippen LogP contribution in [-0.2, 0) is 9.53 Å². The number of nitrogens with zero attached hydrogens (tertiary/aromatic N) is 1. The van der Waals surface area contributed by atoms with E-state index in [1.54, 1.807) is 0 Å². The van der Waals surface area contributed by atoms with Crippen LogP contribution in [0.25, 0.3) is 0 Å². The second-order valence-corrected chi connectivity index (χ2v) is 8.33. The van der Waals surface area contributed by atoms with E-state index in [4.69, 9.17) is 10.5 Å². The lowest BCUT2D eigenvalue weighted by Crippen LogP contribution is -2.75. The quantitative estimate of drug-likeness (QED) is 0.819. The molecule has 2 fully saturated rings. The Morgan fingerprint density at radius 1 is 1.38 bits per heavy atom. The van der Waals surface area contributed by atoms with Gasteiger partial charge in [0.1, 0.15) is 5.54 Å². The van der Waals surface area contributed by atoms with Crippen molar-refractivity contribution in [2.45, 2.75) is 64.6 Å². The molecule has 1 saturated carbocycles. The SMILES string of the molecule is CCOC1CC(N)(C(=O)NC(C)c2cccc(N3CCCC3)c2)C1(C)C. The van der Waals surface area contributed by atoms with Crippen molar-refractivity contribution in [3.8, 4) is 0 Å². The van der Waals surface area contributed by atoms with Crippen LogP contribution in [0.1, 0.15) is 58.6 Å². The summed E-state index contributed by atoms with van der Waals surface area (Å²) in [5.74, 6) is -0.0856. The minimum absolute atomic E-state index is 0.0389. The van der Waals surface area contributed by atoms with Crippen molar-refractivity contribution in [3.05, 3.63) is 29.8 Å². The summed E-state index contributed by atoms with van der Waals surface area (Å²) in [4.78, 5) is 15.3. The van der Waals surface area contributed by atoms with Gasteiger partial charge in [-0.3, -0.25) is 4.79 Å². The zero-order valence-corrected chi connectivity index (χ0v) is 16.5. The molecule has 3 unspecified atom stereocenters. The van der Waals surface area contributed by atoms with Gasteiger partial charge in [-0.1, -0.05) is 26.0 Å². The van der Waals surface area contributed by atoms with Crippen LogP contribution in [0.4, 0.5) is 5.69 Å². The average Bonchev–Trinajstić information content (AvgIpc) is 3.16. The monoisotopic (exact) mass is 359 g/mol.